The summed E-state index contributed by atoms with van der Waals surface area (Å²) in [6.45, 7) is 0. The first-order valence-corrected chi connectivity index (χ1v) is 9.70. The average molecular weight is 382 g/mol. The Morgan fingerprint density at radius 3 is 2.85 bits per heavy atom. The molecule has 6 nitrogen and oxygen atoms in total. The zero-order valence-corrected chi connectivity index (χ0v) is 15.3. The van der Waals surface area contributed by atoms with Crippen LogP contribution in [0.3, 0.4) is 0 Å². The summed E-state index contributed by atoms with van der Waals surface area (Å²) >= 11 is 1.47. The van der Waals surface area contributed by atoms with Crippen molar-refractivity contribution in [2.45, 2.75) is 50.6 Å². The van der Waals surface area contributed by atoms with Crippen molar-refractivity contribution < 1.29 is 30.0 Å². The summed E-state index contributed by atoms with van der Waals surface area (Å²) in [4.78, 5) is 10.5. The number of aliphatic hydroxyl groups excluding tert-OH is 3. The summed E-state index contributed by atoms with van der Waals surface area (Å²) in [5.74, 6) is -0.638. The minimum absolute atomic E-state index is 0.141. The average Bonchev–Trinajstić information content (AvgIpc) is 3.17. The molecule has 1 fully saturated rings. The van der Waals surface area contributed by atoms with Crippen molar-refractivity contribution in [3.05, 3.63) is 41.1 Å². The topological polar surface area (TPSA) is 107 Å². The third kappa shape index (κ3) is 6.57. The van der Waals surface area contributed by atoms with Gasteiger partial charge in [-0.25, -0.2) is 0 Å². The van der Waals surface area contributed by atoms with E-state index in [0.29, 0.717) is 31.4 Å². The number of carboxylic acids is 1. The van der Waals surface area contributed by atoms with Gasteiger partial charge in [0.2, 0.25) is 6.29 Å². The van der Waals surface area contributed by atoms with Crippen LogP contribution >= 0.6 is 11.3 Å². The van der Waals surface area contributed by atoms with Crippen molar-refractivity contribution in [3.8, 4) is 5.75 Å². The Hall–Kier alpha value is -1.67. The molecular weight excluding hydrogens is 356 g/mol. The lowest BCUT2D eigenvalue weighted by Gasteiger charge is -2.19. The van der Waals surface area contributed by atoms with E-state index in [-0.39, 0.29) is 18.3 Å². The number of allylic oxidation sites excluding steroid dienone is 2. The molecule has 0 amide bonds. The number of carboxylic acid groups (broad SMARTS) is 1. The molecule has 2 unspecified atom stereocenters. The second kappa shape index (κ2) is 10.5. The number of carbonyl (C=O) groups is 1. The number of hydrogen-bond donors (Lipinski definition) is 4. The smallest absolute Gasteiger partial charge is 0.303 e. The molecule has 0 aliphatic heterocycles. The zero-order valence-electron chi connectivity index (χ0n) is 14.5. The molecule has 7 heteroatoms. The molecule has 1 aliphatic rings. The van der Waals surface area contributed by atoms with Gasteiger partial charge in [0, 0.05) is 24.1 Å². The minimum atomic E-state index is -1.11. The fraction of sp³-hybridized carbons (Fsp3) is 0.526. The third-order valence-corrected chi connectivity index (χ3v) is 5.16. The van der Waals surface area contributed by atoms with E-state index in [4.69, 9.17) is 9.84 Å². The molecule has 1 aromatic heterocycles. The van der Waals surface area contributed by atoms with Gasteiger partial charge in [-0.05, 0) is 42.7 Å². The lowest BCUT2D eigenvalue weighted by molar-refractivity contribution is -0.137. The third-order valence-electron chi connectivity index (χ3n) is 4.50. The molecule has 0 saturated heterocycles. The second-order valence-corrected chi connectivity index (χ2v) is 7.24. The van der Waals surface area contributed by atoms with Crippen LogP contribution in [0.2, 0.25) is 0 Å². The van der Waals surface area contributed by atoms with E-state index in [0.717, 1.165) is 0 Å². The first-order valence-electron chi connectivity index (χ1n) is 8.75. The van der Waals surface area contributed by atoms with Crippen molar-refractivity contribution in [3.63, 3.8) is 0 Å². The van der Waals surface area contributed by atoms with Gasteiger partial charge in [-0.1, -0.05) is 18.2 Å². The van der Waals surface area contributed by atoms with Crippen LogP contribution in [-0.4, -0.2) is 44.9 Å². The zero-order chi connectivity index (χ0) is 18.9. The minimum Gasteiger partial charge on any atom is -0.481 e. The maximum atomic E-state index is 10.5. The predicted octanol–water partition coefficient (Wildman–Crippen LogP) is 2.56. The van der Waals surface area contributed by atoms with E-state index >= 15 is 0 Å². The molecule has 0 bridgehead atoms. The van der Waals surface area contributed by atoms with Gasteiger partial charge in [-0.2, -0.15) is 0 Å². The lowest BCUT2D eigenvalue weighted by atomic mass is 9.90. The van der Waals surface area contributed by atoms with Gasteiger partial charge in [0.1, 0.15) is 5.75 Å². The number of ether oxygens (including phenoxy) is 1. The molecule has 5 atom stereocenters. The highest BCUT2D eigenvalue weighted by molar-refractivity contribution is 7.08. The standard InChI is InChI=1S/C19H26O6S/c20-16-11-17(21)15(7-8-19(24)25-13-9-10-26-12-13)14(16)5-3-1-2-4-6-18(22)23/h1,3,7-10,12,14-17,19-21,24H,2,4-6,11H2,(H,22,23)/b3-1-,8-7+/t14-,15?,16?,17-,19+/m1/s1. The number of rotatable bonds is 10. The number of thiophene rings is 1. The fourth-order valence-electron chi connectivity index (χ4n) is 3.17. The van der Waals surface area contributed by atoms with Crippen molar-refractivity contribution >= 4 is 17.3 Å². The Kier molecular flexibility index (Phi) is 8.31. The summed E-state index contributed by atoms with van der Waals surface area (Å²) in [5.41, 5.74) is 0. The maximum Gasteiger partial charge on any atom is 0.303 e. The molecule has 1 aliphatic carbocycles. The second-order valence-electron chi connectivity index (χ2n) is 6.46. The van der Waals surface area contributed by atoms with Gasteiger partial charge < -0.3 is 25.2 Å². The normalized spacial score (nSPS) is 27.3. The van der Waals surface area contributed by atoms with Crippen LogP contribution in [0.25, 0.3) is 0 Å². The van der Waals surface area contributed by atoms with E-state index in [1.54, 1.807) is 17.5 Å². The van der Waals surface area contributed by atoms with E-state index in [1.807, 2.05) is 17.5 Å². The van der Waals surface area contributed by atoms with E-state index in [9.17, 15) is 20.1 Å². The summed E-state index contributed by atoms with van der Waals surface area (Å²) in [6.07, 6.45) is 6.93. The molecule has 1 saturated carbocycles. The molecule has 0 radical (unpaired) electrons. The Balaban J connectivity index is 1.85. The highest BCUT2D eigenvalue weighted by atomic mass is 32.1. The Morgan fingerprint density at radius 2 is 2.15 bits per heavy atom. The van der Waals surface area contributed by atoms with Crippen LogP contribution in [0.4, 0.5) is 0 Å². The molecule has 144 valence electrons. The number of aliphatic carboxylic acids is 1. The van der Waals surface area contributed by atoms with Crippen LogP contribution in [0.5, 0.6) is 5.75 Å². The van der Waals surface area contributed by atoms with Crippen molar-refractivity contribution in [1.29, 1.82) is 0 Å². The fourth-order valence-corrected chi connectivity index (χ4v) is 3.73. The largest absolute Gasteiger partial charge is 0.481 e. The molecule has 1 heterocycles. The van der Waals surface area contributed by atoms with E-state index in [2.05, 4.69) is 0 Å². The van der Waals surface area contributed by atoms with Crippen LogP contribution in [0.15, 0.2) is 41.1 Å². The van der Waals surface area contributed by atoms with Crippen LogP contribution in [0, 0.1) is 11.8 Å². The SMILES string of the molecule is O=C(O)CCC/C=C\C[C@H]1C(O)C[C@@H](O)C1/C=C/[C@@H](O)Oc1ccsc1. The first-order chi connectivity index (χ1) is 12.5. The summed E-state index contributed by atoms with van der Waals surface area (Å²) < 4.78 is 5.33. The Morgan fingerprint density at radius 1 is 1.35 bits per heavy atom. The maximum absolute atomic E-state index is 10.5. The first kappa shape index (κ1) is 20.6. The van der Waals surface area contributed by atoms with Crippen molar-refractivity contribution in [2.24, 2.45) is 11.8 Å². The van der Waals surface area contributed by atoms with Crippen LogP contribution < -0.4 is 4.74 Å². The molecule has 1 aromatic rings. The van der Waals surface area contributed by atoms with Crippen LogP contribution in [-0.2, 0) is 4.79 Å². The number of hydrogen-bond acceptors (Lipinski definition) is 6. The van der Waals surface area contributed by atoms with Crippen LogP contribution in [0.1, 0.15) is 32.1 Å². The van der Waals surface area contributed by atoms with E-state index < -0.39 is 24.5 Å². The highest BCUT2D eigenvalue weighted by Gasteiger charge is 2.39. The number of unbranched alkanes of at least 4 members (excludes halogenated alkanes) is 1. The molecular formula is C19H26O6S. The van der Waals surface area contributed by atoms with Crippen molar-refractivity contribution in [2.75, 3.05) is 0 Å². The summed E-state index contributed by atoms with van der Waals surface area (Å²) in [7, 11) is 0. The van der Waals surface area contributed by atoms with Gasteiger partial charge in [0.15, 0.2) is 0 Å². The van der Waals surface area contributed by atoms with Gasteiger partial charge in [-0.3, -0.25) is 4.79 Å². The van der Waals surface area contributed by atoms with Gasteiger partial charge in [0.05, 0.1) is 12.2 Å². The molecule has 2 rings (SSSR count). The highest BCUT2D eigenvalue weighted by Crippen LogP contribution is 2.36. The van der Waals surface area contributed by atoms with Gasteiger partial charge in [0.25, 0.3) is 0 Å². The summed E-state index contributed by atoms with van der Waals surface area (Å²) in [6, 6.07) is 1.76. The monoisotopic (exact) mass is 382 g/mol. The lowest BCUT2D eigenvalue weighted by Crippen LogP contribution is -2.21. The molecule has 0 aromatic carbocycles. The van der Waals surface area contributed by atoms with Gasteiger partial charge in [-0.15, -0.1) is 11.3 Å². The predicted molar refractivity (Wildman–Crippen MR) is 98.9 cm³/mol. The summed E-state index contributed by atoms with van der Waals surface area (Å²) in [5, 5.41) is 42.5. The molecule has 0 spiro atoms. The van der Waals surface area contributed by atoms with Crippen molar-refractivity contribution in [1.82, 2.24) is 0 Å². The van der Waals surface area contributed by atoms with E-state index in [1.165, 1.54) is 17.4 Å². The molecule has 26 heavy (non-hydrogen) atoms. The Labute approximate surface area is 157 Å². The molecule has 4 N–H and O–H groups in total. The number of aliphatic hydroxyl groups is 3. The quantitative estimate of drug-likeness (QED) is 0.281. The van der Waals surface area contributed by atoms with Gasteiger partial charge >= 0.3 is 5.97 Å². The Bertz CT molecular complexity index is 597.